The number of carbonyl (C=O) groups excluding carboxylic acids is 1. The second-order valence-electron chi connectivity index (χ2n) is 7.61. The van der Waals surface area contributed by atoms with E-state index in [1.54, 1.807) is 30.3 Å². The number of hydrogen-bond donors (Lipinski definition) is 1. The molecule has 10 heteroatoms. The van der Waals surface area contributed by atoms with Gasteiger partial charge in [-0.3, -0.25) is 4.79 Å². The van der Waals surface area contributed by atoms with Crippen LogP contribution in [0.2, 0.25) is 0 Å². The summed E-state index contributed by atoms with van der Waals surface area (Å²) in [6.45, 7) is 0.0227. The van der Waals surface area contributed by atoms with Crippen LogP contribution < -0.4 is 10.1 Å². The molecule has 0 spiro atoms. The monoisotopic (exact) mass is 480 g/mol. The number of nitrogens with zero attached hydrogens (tertiary/aromatic N) is 3. The highest BCUT2D eigenvalue weighted by Crippen LogP contribution is 2.43. The molecule has 0 atom stereocenters. The van der Waals surface area contributed by atoms with E-state index in [4.69, 9.17) is 14.7 Å². The first-order valence-corrected chi connectivity index (χ1v) is 10.5. The number of anilines is 1. The molecule has 0 fully saturated rings. The Balaban J connectivity index is 1.78. The molecule has 2 heterocycles. The molecule has 0 unspecified atom stereocenters. The Hall–Kier alpha value is -4.23. The van der Waals surface area contributed by atoms with Crippen LogP contribution in [0.4, 0.5) is 24.5 Å². The van der Waals surface area contributed by atoms with Crippen LogP contribution >= 0.6 is 0 Å². The number of amides is 1. The molecule has 35 heavy (non-hydrogen) atoms. The average molecular weight is 480 g/mol. The van der Waals surface area contributed by atoms with Crippen LogP contribution in [0.15, 0.2) is 59.7 Å². The fourth-order valence-electron chi connectivity index (χ4n) is 3.59. The predicted molar refractivity (Wildman–Crippen MR) is 123 cm³/mol. The zero-order valence-electron chi connectivity index (χ0n) is 18.5. The molecule has 0 saturated carbocycles. The number of hydrogen-bond acceptors (Lipinski definition) is 6. The van der Waals surface area contributed by atoms with Crippen molar-refractivity contribution in [3.05, 3.63) is 71.5 Å². The van der Waals surface area contributed by atoms with E-state index < -0.39 is 23.4 Å². The first kappa shape index (κ1) is 23.9. The summed E-state index contributed by atoms with van der Waals surface area (Å²) in [7, 11) is 1.42. The van der Waals surface area contributed by atoms with Crippen molar-refractivity contribution in [2.75, 3.05) is 25.6 Å². The Labute approximate surface area is 198 Å². The molecule has 0 saturated heterocycles. The Kier molecular flexibility index (Phi) is 6.80. The molecular weight excluding hydrogens is 461 g/mol. The zero-order valence-corrected chi connectivity index (χ0v) is 18.5. The fraction of sp³-hybridized carbons (Fsp3) is 0.200. The third kappa shape index (κ3) is 5.47. The Morgan fingerprint density at radius 1 is 1.09 bits per heavy atom. The first-order valence-electron chi connectivity index (χ1n) is 10.5. The smallest absolute Gasteiger partial charge is 0.420 e. The molecule has 0 bridgehead atoms. The van der Waals surface area contributed by atoms with Gasteiger partial charge in [0.2, 0.25) is 5.91 Å². The lowest BCUT2D eigenvalue weighted by atomic mass is 10.00. The van der Waals surface area contributed by atoms with E-state index in [1.165, 1.54) is 19.4 Å². The standard InChI is InChI=1S/C25H19F3N4O3/c1-34-7-8-35-23-12-22-21(11-19(23)25(26,27)28)32-24(33)13-20(31-22)17-4-2-3-15(9-17)16-5-6-30-18(10-16)14-29/h2-6,9-12H,7-8,13H2,1H3,(H,32,33). The number of nitrogens with one attached hydrogen (secondary N) is 1. The number of fused-ring (bicyclic) bond motifs is 1. The minimum Gasteiger partial charge on any atom is -0.490 e. The van der Waals surface area contributed by atoms with Gasteiger partial charge in [-0.15, -0.1) is 0 Å². The molecule has 3 aromatic rings. The van der Waals surface area contributed by atoms with E-state index in [1.807, 2.05) is 12.1 Å². The van der Waals surface area contributed by atoms with Gasteiger partial charge in [0.1, 0.15) is 24.1 Å². The van der Waals surface area contributed by atoms with Crippen molar-refractivity contribution >= 4 is 23.0 Å². The highest BCUT2D eigenvalue weighted by molar-refractivity contribution is 6.17. The molecule has 1 N–H and O–H groups in total. The van der Waals surface area contributed by atoms with Gasteiger partial charge in [-0.25, -0.2) is 9.98 Å². The number of methoxy groups -OCH3 is 1. The van der Waals surface area contributed by atoms with Crippen LogP contribution in [-0.4, -0.2) is 36.9 Å². The highest BCUT2D eigenvalue weighted by Gasteiger charge is 2.36. The van der Waals surface area contributed by atoms with Gasteiger partial charge in [-0.2, -0.15) is 18.4 Å². The number of aliphatic imine (C=N–C) groups is 1. The third-order valence-electron chi connectivity index (χ3n) is 5.21. The van der Waals surface area contributed by atoms with Crippen LogP contribution in [0.3, 0.4) is 0 Å². The summed E-state index contributed by atoms with van der Waals surface area (Å²) in [6, 6.07) is 14.5. The Morgan fingerprint density at radius 3 is 2.60 bits per heavy atom. The number of pyridine rings is 1. The number of aromatic nitrogens is 1. The maximum Gasteiger partial charge on any atom is 0.420 e. The molecule has 2 aromatic carbocycles. The Bertz CT molecular complexity index is 1350. The lowest BCUT2D eigenvalue weighted by Crippen LogP contribution is -2.16. The summed E-state index contributed by atoms with van der Waals surface area (Å²) in [4.78, 5) is 21.1. The number of nitriles is 1. The quantitative estimate of drug-likeness (QED) is 0.494. The molecule has 1 amide bonds. The van der Waals surface area contributed by atoms with Crippen LogP contribution in [-0.2, 0) is 15.7 Å². The van der Waals surface area contributed by atoms with Gasteiger partial charge in [0, 0.05) is 19.4 Å². The van der Waals surface area contributed by atoms with Crippen molar-refractivity contribution in [2.45, 2.75) is 12.6 Å². The maximum atomic E-state index is 13.6. The third-order valence-corrected chi connectivity index (χ3v) is 5.21. The van der Waals surface area contributed by atoms with E-state index in [0.29, 0.717) is 11.3 Å². The summed E-state index contributed by atoms with van der Waals surface area (Å²) in [5, 5.41) is 11.6. The number of halogens is 3. The average Bonchev–Trinajstić information content (AvgIpc) is 3.01. The first-order chi connectivity index (χ1) is 16.8. The number of ether oxygens (including phenoxy) is 2. The molecule has 1 aromatic heterocycles. The largest absolute Gasteiger partial charge is 0.490 e. The van der Waals surface area contributed by atoms with E-state index in [0.717, 1.165) is 17.2 Å². The van der Waals surface area contributed by atoms with Gasteiger partial charge in [0.05, 0.1) is 35.7 Å². The summed E-state index contributed by atoms with van der Waals surface area (Å²) >= 11 is 0. The molecule has 0 aliphatic carbocycles. The molecular formula is C25H19F3N4O3. The van der Waals surface area contributed by atoms with Crippen molar-refractivity contribution < 1.29 is 27.4 Å². The van der Waals surface area contributed by atoms with Gasteiger partial charge in [0.15, 0.2) is 0 Å². The van der Waals surface area contributed by atoms with Crippen LogP contribution in [0.5, 0.6) is 5.75 Å². The Morgan fingerprint density at radius 2 is 1.86 bits per heavy atom. The second kappa shape index (κ2) is 9.95. The van der Waals surface area contributed by atoms with Crippen LogP contribution in [0, 0.1) is 11.3 Å². The molecule has 1 aliphatic rings. The topological polar surface area (TPSA) is 96.6 Å². The molecule has 4 rings (SSSR count). The van der Waals surface area contributed by atoms with E-state index in [2.05, 4.69) is 15.3 Å². The fourth-order valence-corrected chi connectivity index (χ4v) is 3.59. The van der Waals surface area contributed by atoms with Crippen molar-refractivity contribution in [1.29, 1.82) is 5.26 Å². The number of carbonyl (C=O) groups is 1. The maximum absolute atomic E-state index is 13.6. The minimum absolute atomic E-state index is 0.0552. The van der Waals surface area contributed by atoms with Gasteiger partial charge < -0.3 is 14.8 Å². The van der Waals surface area contributed by atoms with E-state index in [9.17, 15) is 18.0 Å². The SMILES string of the molecule is COCCOc1cc2c(cc1C(F)(F)F)NC(=O)CC(c1cccc(-c3ccnc(C#N)c3)c1)=N2. The molecule has 178 valence electrons. The van der Waals surface area contributed by atoms with Crippen molar-refractivity contribution in [1.82, 2.24) is 4.98 Å². The van der Waals surface area contributed by atoms with Crippen LogP contribution in [0.1, 0.15) is 23.2 Å². The molecule has 7 nitrogen and oxygen atoms in total. The van der Waals surface area contributed by atoms with Gasteiger partial charge >= 0.3 is 6.18 Å². The highest BCUT2D eigenvalue weighted by atomic mass is 19.4. The summed E-state index contributed by atoms with van der Waals surface area (Å²) in [5.41, 5.74) is 1.84. The van der Waals surface area contributed by atoms with Crippen molar-refractivity contribution in [3.63, 3.8) is 0 Å². The van der Waals surface area contributed by atoms with Crippen molar-refractivity contribution in [3.8, 4) is 22.9 Å². The van der Waals surface area contributed by atoms with Crippen molar-refractivity contribution in [2.24, 2.45) is 4.99 Å². The zero-order chi connectivity index (χ0) is 25.0. The number of benzene rings is 2. The van der Waals surface area contributed by atoms with Crippen LogP contribution in [0.25, 0.3) is 11.1 Å². The minimum atomic E-state index is -4.69. The predicted octanol–water partition coefficient (Wildman–Crippen LogP) is 5.13. The number of rotatable bonds is 6. The lowest BCUT2D eigenvalue weighted by Gasteiger charge is -2.16. The van der Waals surface area contributed by atoms with Gasteiger partial charge in [-0.05, 0) is 41.0 Å². The normalized spacial score (nSPS) is 13.2. The van der Waals surface area contributed by atoms with Gasteiger partial charge in [-0.1, -0.05) is 18.2 Å². The van der Waals surface area contributed by atoms with E-state index >= 15 is 0 Å². The van der Waals surface area contributed by atoms with E-state index in [-0.39, 0.29) is 36.7 Å². The lowest BCUT2D eigenvalue weighted by molar-refractivity contribution is -0.139. The number of alkyl halides is 3. The summed E-state index contributed by atoms with van der Waals surface area (Å²) in [5.74, 6) is -0.896. The van der Waals surface area contributed by atoms with Gasteiger partial charge in [0.25, 0.3) is 0 Å². The molecule has 1 aliphatic heterocycles. The second-order valence-corrected chi connectivity index (χ2v) is 7.61. The summed E-state index contributed by atoms with van der Waals surface area (Å²) in [6.07, 6.45) is -3.31. The summed E-state index contributed by atoms with van der Waals surface area (Å²) < 4.78 is 51.1. The molecule has 0 radical (unpaired) electrons.